The molecule has 1 aromatic rings. The Morgan fingerprint density at radius 3 is 2.80 bits per heavy atom. The van der Waals surface area contributed by atoms with Crippen LogP contribution in [0.25, 0.3) is 0 Å². The van der Waals surface area contributed by atoms with Crippen LogP contribution in [-0.2, 0) is 0 Å². The van der Waals surface area contributed by atoms with E-state index in [4.69, 9.17) is 11.5 Å². The molecular formula is C14H23N5O. The average molecular weight is 277 g/mol. The Morgan fingerprint density at radius 1 is 1.45 bits per heavy atom. The first-order valence-electron chi connectivity index (χ1n) is 7.10. The number of amides is 1. The van der Waals surface area contributed by atoms with Gasteiger partial charge in [0, 0.05) is 12.6 Å². The van der Waals surface area contributed by atoms with Crippen molar-refractivity contribution in [1.29, 1.82) is 0 Å². The van der Waals surface area contributed by atoms with Crippen molar-refractivity contribution >= 4 is 17.4 Å². The molecule has 5 N–H and O–H groups in total. The number of piperidine rings is 1. The zero-order valence-electron chi connectivity index (χ0n) is 11.9. The van der Waals surface area contributed by atoms with Crippen LogP contribution in [0, 0.1) is 0 Å². The van der Waals surface area contributed by atoms with Crippen molar-refractivity contribution in [2.24, 2.45) is 5.73 Å². The SMILES string of the molecule is CC(CN1CCCCC1)Nc1ncc(N)cc1C(N)=O. The molecule has 1 aliphatic rings. The molecule has 0 saturated carbocycles. The lowest BCUT2D eigenvalue weighted by Crippen LogP contribution is -2.38. The second-order valence-electron chi connectivity index (χ2n) is 5.44. The molecule has 6 heteroatoms. The zero-order chi connectivity index (χ0) is 14.5. The van der Waals surface area contributed by atoms with Crippen LogP contribution in [0.4, 0.5) is 11.5 Å². The third-order valence-electron chi connectivity index (χ3n) is 3.54. The van der Waals surface area contributed by atoms with E-state index in [9.17, 15) is 4.79 Å². The van der Waals surface area contributed by atoms with Crippen LogP contribution in [0.2, 0.25) is 0 Å². The van der Waals surface area contributed by atoms with Gasteiger partial charge < -0.3 is 21.7 Å². The smallest absolute Gasteiger partial charge is 0.252 e. The number of carbonyl (C=O) groups is 1. The Morgan fingerprint density at radius 2 is 2.15 bits per heavy atom. The number of nitrogen functional groups attached to an aromatic ring is 1. The molecule has 0 spiro atoms. The number of nitrogens with two attached hydrogens (primary N) is 2. The van der Waals surface area contributed by atoms with Gasteiger partial charge in [-0.25, -0.2) is 4.98 Å². The Kier molecular flexibility index (Phi) is 4.79. The number of anilines is 2. The minimum atomic E-state index is -0.516. The summed E-state index contributed by atoms with van der Waals surface area (Å²) in [5.41, 5.74) is 11.8. The third-order valence-corrected chi connectivity index (χ3v) is 3.54. The van der Waals surface area contributed by atoms with E-state index in [1.807, 2.05) is 0 Å². The minimum Gasteiger partial charge on any atom is -0.397 e. The Bertz CT molecular complexity index is 471. The predicted octanol–water partition coefficient (Wildman–Crippen LogP) is 1.05. The topological polar surface area (TPSA) is 97.3 Å². The summed E-state index contributed by atoms with van der Waals surface area (Å²) < 4.78 is 0. The van der Waals surface area contributed by atoms with E-state index in [0.29, 0.717) is 17.1 Å². The van der Waals surface area contributed by atoms with E-state index in [1.54, 1.807) is 6.07 Å². The molecular weight excluding hydrogens is 254 g/mol. The molecule has 6 nitrogen and oxygen atoms in total. The molecule has 0 bridgehead atoms. The van der Waals surface area contributed by atoms with Crippen LogP contribution in [0.15, 0.2) is 12.3 Å². The van der Waals surface area contributed by atoms with Gasteiger partial charge in [0.05, 0.1) is 17.4 Å². The van der Waals surface area contributed by atoms with E-state index < -0.39 is 5.91 Å². The molecule has 1 aliphatic heterocycles. The van der Waals surface area contributed by atoms with Crippen LogP contribution in [0.3, 0.4) is 0 Å². The van der Waals surface area contributed by atoms with E-state index in [0.717, 1.165) is 19.6 Å². The fourth-order valence-corrected chi connectivity index (χ4v) is 2.59. The molecule has 1 amide bonds. The van der Waals surface area contributed by atoms with Gasteiger partial charge in [0.1, 0.15) is 5.82 Å². The Hall–Kier alpha value is -1.82. The van der Waals surface area contributed by atoms with E-state index >= 15 is 0 Å². The van der Waals surface area contributed by atoms with Gasteiger partial charge in [-0.1, -0.05) is 6.42 Å². The summed E-state index contributed by atoms with van der Waals surface area (Å²) in [6.07, 6.45) is 5.38. The summed E-state index contributed by atoms with van der Waals surface area (Å²) in [7, 11) is 0. The van der Waals surface area contributed by atoms with E-state index in [1.165, 1.54) is 25.5 Å². The van der Waals surface area contributed by atoms with Gasteiger partial charge in [-0.2, -0.15) is 0 Å². The fourth-order valence-electron chi connectivity index (χ4n) is 2.59. The van der Waals surface area contributed by atoms with Crippen LogP contribution in [-0.4, -0.2) is 41.5 Å². The maximum absolute atomic E-state index is 11.4. The summed E-state index contributed by atoms with van der Waals surface area (Å²) in [5.74, 6) is -0.00585. The number of likely N-dealkylation sites (tertiary alicyclic amines) is 1. The van der Waals surface area contributed by atoms with Gasteiger partial charge >= 0.3 is 0 Å². The van der Waals surface area contributed by atoms with Crippen molar-refractivity contribution in [3.8, 4) is 0 Å². The second-order valence-corrected chi connectivity index (χ2v) is 5.44. The summed E-state index contributed by atoms with van der Waals surface area (Å²) >= 11 is 0. The molecule has 1 aromatic heterocycles. The lowest BCUT2D eigenvalue weighted by Gasteiger charge is -2.29. The summed E-state index contributed by atoms with van der Waals surface area (Å²) in [4.78, 5) is 18.0. The molecule has 1 fully saturated rings. The average Bonchev–Trinajstić information content (AvgIpc) is 2.41. The number of aromatic nitrogens is 1. The van der Waals surface area contributed by atoms with Crippen molar-refractivity contribution < 1.29 is 4.79 Å². The van der Waals surface area contributed by atoms with Crippen molar-refractivity contribution in [1.82, 2.24) is 9.88 Å². The third kappa shape index (κ3) is 3.84. The summed E-state index contributed by atoms with van der Waals surface area (Å²) in [6.45, 7) is 5.30. The number of nitrogens with one attached hydrogen (secondary N) is 1. The molecule has 1 saturated heterocycles. The molecule has 0 radical (unpaired) electrons. The molecule has 2 rings (SSSR count). The number of carbonyl (C=O) groups excluding carboxylic acids is 1. The standard InChI is InChI=1S/C14H23N5O/c1-10(9-19-5-3-2-4-6-19)18-14-12(13(16)20)7-11(15)8-17-14/h7-8,10H,2-6,9,15H2,1H3,(H2,16,20)(H,17,18). The number of nitrogens with zero attached hydrogens (tertiary/aromatic N) is 2. The molecule has 20 heavy (non-hydrogen) atoms. The second kappa shape index (κ2) is 6.56. The predicted molar refractivity (Wildman–Crippen MR) is 80.5 cm³/mol. The molecule has 0 aliphatic carbocycles. The van der Waals surface area contributed by atoms with E-state index in [-0.39, 0.29) is 6.04 Å². The molecule has 1 unspecified atom stereocenters. The van der Waals surface area contributed by atoms with Crippen molar-refractivity contribution in [2.75, 3.05) is 30.7 Å². The number of hydrogen-bond donors (Lipinski definition) is 3. The highest BCUT2D eigenvalue weighted by atomic mass is 16.1. The van der Waals surface area contributed by atoms with Gasteiger partial charge in [-0.15, -0.1) is 0 Å². The van der Waals surface area contributed by atoms with Crippen LogP contribution < -0.4 is 16.8 Å². The molecule has 1 atom stereocenters. The fraction of sp³-hybridized carbons (Fsp3) is 0.571. The number of primary amides is 1. The largest absolute Gasteiger partial charge is 0.397 e. The highest BCUT2D eigenvalue weighted by Crippen LogP contribution is 2.17. The number of pyridine rings is 1. The highest BCUT2D eigenvalue weighted by Gasteiger charge is 2.16. The van der Waals surface area contributed by atoms with Crippen LogP contribution >= 0.6 is 0 Å². The highest BCUT2D eigenvalue weighted by molar-refractivity contribution is 5.98. The van der Waals surface area contributed by atoms with Crippen LogP contribution in [0.5, 0.6) is 0 Å². The maximum Gasteiger partial charge on any atom is 0.252 e. The monoisotopic (exact) mass is 277 g/mol. The van der Waals surface area contributed by atoms with Crippen molar-refractivity contribution in [3.63, 3.8) is 0 Å². The molecule has 2 heterocycles. The van der Waals surface area contributed by atoms with Crippen LogP contribution in [0.1, 0.15) is 36.5 Å². The zero-order valence-corrected chi connectivity index (χ0v) is 11.9. The lowest BCUT2D eigenvalue weighted by molar-refractivity contribution is 0.100. The maximum atomic E-state index is 11.4. The van der Waals surface area contributed by atoms with Gasteiger partial charge in [0.25, 0.3) is 5.91 Å². The minimum absolute atomic E-state index is 0.197. The molecule has 0 aromatic carbocycles. The Labute approximate surface area is 119 Å². The van der Waals surface area contributed by atoms with Crippen molar-refractivity contribution in [2.45, 2.75) is 32.2 Å². The number of hydrogen-bond acceptors (Lipinski definition) is 5. The normalized spacial score (nSPS) is 17.6. The quantitative estimate of drug-likeness (QED) is 0.747. The summed E-state index contributed by atoms with van der Waals surface area (Å²) in [6, 6.07) is 1.76. The van der Waals surface area contributed by atoms with Gasteiger partial charge in [-0.05, 0) is 38.9 Å². The lowest BCUT2D eigenvalue weighted by atomic mass is 10.1. The van der Waals surface area contributed by atoms with Gasteiger partial charge in [0.15, 0.2) is 0 Å². The van der Waals surface area contributed by atoms with Gasteiger partial charge in [0.2, 0.25) is 0 Å². The van der Waals surface area contributed by atoms with Crippen molar-refractivity contribution in [3.05, 3.63) is 17.8 Å². The Balaban J connectivity index is 1.99. The first-order chi connectivity index (χ1) is 9.56. The first-order valence-corrected chi connectivity index (χ1v) is 7.10. The number of rotatable bonds is 5. The summed E-state index contributed by atoms with van der Waals surface area (Å²) in [5, 5.41) is 3.26. The molecule has 110 valence electrons. The first kappa shape index (κ1) is 14.6. The van der Waals surface area contributed by atoms with E-state index in [2.05, 4.69) is 22.1 Å². The van der Waals surface area contributed by atoms with Gasteiger partial charge in [-0.3, -0.25) is 4.79 Å².